The Labute approximate surface area is 159 Å². The van der Waals surface area contributed by atoms with Crippen LogP contribution in [0.2, 0.25) is 0 Å². The van der Waals surface area contributed by atoms with Gasteiger partial charge in [-0.1, -0.05) is 6.07 Å². The molecular formula is C20H18F4N2O2. The van der Waals surface area contributed by atoms with Crippen LogP contribution >= 0.6 is 0 Å². The number of nitrogens with one attached hydrogen (secondary N) is 1. The van der Waals surface area contributed by atoms with Crippen LogP contribution in [0.15, 0.2) is 36.4 Å². The van der Waals surface area contributed by atoms with Crippen LogP contribution < -0.4 is 5.32 Å². The van der Waals surface area contributed by atoms with E-state index in [2.05, 4.69) is 5.32 Å². The third kappa shape index (κ3) is 4.88. The lowest BCUT2D eigenvalue weighted by molar-refractivity contribution is -0.132. The summed E-state index contributed by atoms with van der Waals surface area (Å²) in [4.78, 5) is 26.0. The summed E-state index contributed by atoms with van der Waals surface area (Å²) in [5.74, 6) is -4.26. The Morgan fingerprint density at radius 2 is 1.61 bits per heavy atom. The van der Waals surface area contributed by atoms with Gasteiger partial charge in [0, 0.05) is 43.2 Å². The summed E-state index contributed by atoms with van der Waals surface area (Å²) in [6.45, 7) is -0.0419. The standard InChI is InChI=1S/C20H18F4N2O2/c21-13-2-1-12(17(23)9-13)11-26(15-4-5-15)19(27)7-8-25-20(28)16-6-3-14(22)10-18(16)24/h1-3,6,9-10,15H,4-5,7-8,11H2,(H,25,28). The molecule has 1 aliphatic carbocycles. The summed E-state index contributed by atoms with van der Waals surface area (Å²) in [7, 11) is 0. The predicted molar refractivity (Wildman–Crippen MR) is 93.2 cm³/mol. The van der Waals surface area contributed by atoms with E-state index in [0.717, 1.165) is 37.1 Å². The molecule has 148 valence electrons. The number of carbonyl (C=O) groups excluding carboxylic acids is 2. The fourth-order valence-electron chi connectivity index (χ4n) is 2.84. The lowest BCUT2D eigenvalue weighted by Gasteiger charge is -2.23. The molecule has 0 bridgehead atoms. The van der Waals surface area contributed by atoms with E-state index in [9.17, 15) is 27.2 Å². The van der Waals surface area contributed by atoms with E-state index in [0.29, 0.717) is 6.07 Å². The Morgan fingerprint density at radius 1 is 0.964 bits per heavy atom. The quantitative estimate of drug-likeness (QED) is 0.731. The van der Waals surface area contributed by atoms with Gasteiger partial charge in [0.1, 0.15) is 23.3 Å². The molecule has 1 fully saturated rings. The largest absolute Gasteiger partial charge is 0.351 e. The third-order valence-electron chi connectivity index (χ3n) is 4.46. The van der Waals surface area contributed by atoms with Gasteiger partial charge in [-0.2, -0.15) is 0 Å². The van der Waals surface area contributed by atoms with Crippen molar-refractivity contribution in [2.75, 3.05) is 6.54 Å². The Bertz CT molecular complexity index is 900. The van der Waals surface area contributed by atoms with Crippen LogP contribution in [0.25, 0.3) is 0 Å². The molecule has 1 saturated carbocycles. The van der Waals surface area contributed by atoms with Gasteiger partial charge in [0.05, 0.1) is 5.56 Å². The molecule has 2 amide bonds. The Kier molecular flexibility index (Phi) is 5.96. The lowest BCUT2D eigenvalue weighted by atomic mass is 10.1. The minimum Gasteiger partial charge on any atom is -0.351 e. The molecule has 2 aromatic carbocycles. The van der Waals surface area contributed by atoms with Crippen molar-refractivity contribution in [3.63, 3.8) is 0 Å². The zero-order valence-corrected chi connectivity index (χ0v) is 14.9. The maximum Gasteiger partial charge on any atom is 0.254 e. The van der Waals surface area contributed by atoms with Gasteiger partial charge in [-0.3, -0.25) is 9.59 Å². The van der Waals surface area contributed by atoms with E-state index in [1.807, 2.05) is 0 Å². The fourth-order valence-corrected chi connectivity index (χ4v) is 2.84. The summed E-state index contributed by atoms with van der Waals surface area (Å²) in [5.41, 5.74) is -0.111. The fraction of sp³-hybridized carbons (Fsp3) is 0.300. The van der Waals surface area contributed by atoms with Gasteiger partial charge < -0.3 is 10.2 Å². The normalized spacial score (nSPS) is 13.3. The molecule has 0 unspecified atom stereocenters. The van der Waals surface area contributed by atoms with Crippen LogP contribution in [0.3, 0.4) is 0 Å². The second-order valence-corrected chi connectivity index (χ2v) is 6.62. The van der Waals surface area contributed by atoms with E-state index in [-0.39, 0.29) is 42.6 Å². The van der Waals surface area contributed by atoms with Gasteiger partial charge in [-0.15, -0.1) is 0 Å². The first-order valence-corrected chi connectivity index (χ1v) is 8.82. The predicted octanol–water partition coefficient (Wildman–Crippen LogP) is 3.55. The van der Waals surface area contributed by atoms with E-state index in [1.54, 1.807) is 0 Å². The summed E-state index contributed by atoms with van der Waals surface area (Å²) in [6, 6.07) is 5.78. The Morgan fingerprint density at radius 3 is 2.21 bits per heavy atom. The average Bonchev–Trinajstić information content (AvgIpc) is 3.45. The van der Waals surface area contributed by atoms with Crippen molar-refractivity contribution >= 4 is 11.8 Å². The topological polar surface area (TPSA) is 49.4 Å². The van der Waals surface area contributed by atoms with Gasteiger partial charge in [0.15, 0.2) is 0 Å². The van der Waals surface area contributed by atoms with Gasteiger partial charge in [-0.05, 0) is 31.0 Å². The number of carbonyl (C=O) groups is 2. The number of rotatable bonds is 7. The second-order valence-electron chi connectivity index (χ2n) is 6.62. The second kappa shape index (κ2) is 8.41. The molecule has 0 spiro atoms. The number of amides is 2. The van der Waals surface area contributed by atoms with E-state index in [1.165, 1.54) is 11.0 Å². The molecule has 1 N–H and O–H groups in total. The number of halogens is 4. The highest BCUT2D eigenvalue weighted by atomic mass is 19.1. The minimum absolute atomic E-state index is 0.0101. The number of hydrogen-bond donors (Lipinski definition) is 1. The van der Waals surface area contributed by atoms with Crippen molar-refractivity contribution in [3.05, 3.63) is 70.8 Å². The zero-order chi connectivity index (χ0) is 20.3. The molecule has 3 rings (SSSR count). The van der Waals surface area contributed by atoms with E-state index >= 15 is 0 Å². The van der Waals surface area contributed by atoms with Gasteiger partial charge in [0.25, 0.3) is 5.91 Å². The van der Waals surface area contributed by atoms with Crippen molar-refractivity contribution in [2.45, 2.75) is 31.8 Å². The Balaban J connectivity index is 1.56. The summed E-state index contributed by atoms with van der Waals surface area (Å²) in [5, 5.41) is 2.41. The first kappa shape index (κ1) is 19.9. The molecule has 0 saturated heterocycles. The van der Waals surface area contributed by atoms with E-state index in [4.69, 9.17) is 0 Å². The number of nitrogens with zero attached hydrogens (tertiary/aromatic N) is 1. The number of hydrogen-bond acceptors (Lipinski definition) is 2. The minimum atomic E-state index is -0.991. The van der Waals surface area contributed by atoms with Crippen LogP contribution in [-0.4, -0.2) is 29.3 Å². The van der Waals surface area contributed by atoms with Crippen LogP contribution in [0.4, 0.5) is 17.6 Å². The maximum absolute atomic E-state index is 13.9. The first-order valence-electron chi connectivity index (χ1n) is 8.82. The molecular weight excluding hydrogens is 376 g/mol. The van der Waals surface area contributed by atoms with Crippen molar-refractivity contribution in [1.29, 1.82) is 0 Å². The van der Waals surface area contributed by atoms with Gasteiger partial charge >= 0.3 is 0 Å². The van der Waals surface area contributed by atoms with Crippen molar-refractivity contribution in [3.8, 4) is 0 Å². The summed E-state index contributed by atoms with van der Waals surface area (Å²) < 4.78 is 53.4. The van der Waals surface area contributed by atoms with E-state index < -0.39 is 29.2 Å². The summed E-state index contributed by atoms with van der Waals surface area (Å²) in [6.07, 6.45) is 1.53. The monoisotopic (exact) mass is 394 g/mol. The molecule has 8 heteroatoms. The SMILES string of the molecule is O=C(NCCC(=O)N(Cc1ccc(F)cc1F)C1CC1)c1ccc(F)cc1F. The number of benzene rings is 2. The van der Waals surface area contributed by atoms with Crippen molar-refractivity contribution in [2.24, 2.45) is 0 Å². The molecule has 4 nitrogen and oxygen atoms in total. The third-order valence-corrected chi connectivity index (χ3v) is 4.46. The average molecular weight is 394 g/mol. The van der Waals surface area contributed by atoms with Gasteiger partial charge in [0.2, 0.25) is 5.91 Å². The highest BCUT2D eigenvalue weighted by Crippen LogP contribution is 2.29. The smallest absolute Gasteiger partial charge is 0.254 e. The van der Waals surface area contributed by atoms with Gasteiger partial charge in [-0.25, -0.2) is 17.6 Å². The molecule has 1 aliphatic rings. The summed E-state index contributed by atoms with van der Waals surface area (Å²) >= 11 is 0. The molecule has 0 atom stereocenters. The van der Waals surface area contributed by atoms with Crippen LogP contribution in [0.5, 0.6) is 0 Å². The molecule has 0 heterocycles. The van der Waals surface area contributed by atoms with Crippen LogP contribution in [0.1, 0.15) is 35.2 Å². The highest BCUT2D eigenvalue weighted by Gasteiger charge is 2.32. The molecule has 0 aliphatic heterocycles. The van der Waals surface area contributed by atoms with Crippen molar-refractivity contribution < 1.29 is 27.2 Å². The first-order chi connectivity index (χ1) is 13.3. The van der Waals surface area contributed by atoms with Crippen LogP contribution in [-0.2, 0) is 11.3 Å². The molecule has 0 aromatic heterocycles. The molecule has 28 heavy (non-hydrogen) atoms. The Hall–Kier alpha value is -2.90. The maximum atomic E-state index is 13.9. The zero-order valence-electron chi connectivity index (χ0n) is 14.9. The molecule has 2 aromatic rings. The molecule has 0 radical (unpaired) electrons. The van der Waals surface area contributed by atoms with Crippen molar-refractivity contribution in [1.82, 2.24) is 10.2 Å². The van der Waals surface area contributed by atoms with Crippen LogP contribution in [0, 0.1) is 23.3 Å². The highest BCUT2D eigenvalue weighted by molar-refractivity contribution is 5.94. The lowest BCUT2D eigenvalue weighted by Crippen LogP contribution is -2.36.